The van der Waals surface area contributed by atoms with Crippen LogP contribution in [0.2, 0.25) is 0 Å². The predicted molar refractivity (Wildman–Crippen MR) is 68.1 cm³/mol. The van der Waals surface area contributed by atoms with Gasteiger partial charge in [-0.3, -0.25) is 0 Å². The van der Waals surface area contributed by atoms with Gasteiger partial charge in [-0.2, -0.15) is 4.31 Å². The summed E-state index contributed by atoms with van der Waals surface area (Å²) in [6.07, 6.45) is -2.74. The van der Waals surface area contributed by atoms with Gasteiger partial charge in [-0.05, 0) is 12.1 Å². The minimum Gasteiger partial charge on any atom is -0.447 e. The van der Waals surface area contributed by atoms with Gasteiger partial charge in [0.15, 0.2) is 0 Å². The molecule has 1 aromatic heterocycles. The second-order valence-electron chi connectivity index (χ2n) is 4.07. The lowest BCUT2D eigenvalue weighted by Gasteiger charge is -2.14. The van der Waals surface area contributed by atoms with E-state index in [0.717, 1.165) is 7.05 Å². The van der Waals surface area contributed by atoms with Crippen molar-refractivity contribution < 1.29 is 26.4 Å². The predicted octanol–water partition coefficient (Wildman–Crippen LogP) is 0.901. The number of sulfonamides is 1. The van der Waals surface area contributed by atoms with Crippen LogP contribution in [0.15, 0.2) is 21.6 Å². The Bertz CT molecular complexity index is 504. The Labute approximate surface area is 116 Å². The van der Waals surface area contributed by atoms with Gasteiger partial charge in [0.05, 0.1) is 19.7 Å². The van der Waals surface area contributed by atoms with E-state index in [1.54, 1.807) is 7.11 Å². The molecule has 1 aromatic rings. The molecule has 0 aliphatic heterocycles. The third-order valence-electron chi connectivity index (χ3n) is 2.48. The molecule has 9 heteroatoms. The minimum atomic E-state index is -4.01. The molecule has 0 unspecified atom stereocenters. The normalized spacial score (nSPS) is 12.5. The highest BCUT2D eigenvalue weighted by molar-refractivity contribution is 7.89. The monoisotopic (exact) mass is 312 g/mol. The van der Waals surface area contributed by atoms with Gasteiger partial charge in [0.2, 0.25) is 5.09 Å². The average molecular weight is 312 g/mol. The molecule has 0 spiro atoms. The third kappa shape index (κ3) is 4.82. The summed E-state index contributed by atoms with van der Waals surface area (Å²) < 4.78 is 58.8. The van der Waals surface area contributed by atoms with E-state index in [2.05, 4.69) is 5.32 Å². The van der Waals surface area contributed by atoms with Crippen LogP contribution in [-0.4, -0.2) is 53.0 Å². The van der Waals surface area contributed by atoms with Crippen molar-refractivity contribution in [1.29, 1.82) is 0 Å². The Morgan fingerprint density at radius 1 is 1.45 bits per heavy atom. The van der Waals surface area contributed by atoms with Crippen molar-refractivity contribution >= 4 is 10.0 Å². The molecule has 0 saturated heterocycles. The first-order chi connectivity index (χ1) is 9.37. The van der Waals surface area contributed by atoms with Gasteiger partial charge in [0.25, 0.3) is 16.4 Å². The molecule has 0 aliphatic rings. The Balaban J connectivity index is 2.65. The molecule has 0 radical (unpaired) electrons. The topological polar surface area (TPSA) is 71.8 Å². The number of nitrogens with one attached hydrogen (secondary N) is 1. The van der Waals surface area contributed by atoms with Crippen LogP contribution in [0.3, 0.4) is 0 Å². The first-order valence-corrected chi connectivity index (χ1v) is 7.34. The molecular formula is C11H18F2N2O4S. The average Bonchev–Trinajstić information content (AvgIpc) is 2.83. The third-order valence-corrected chi connectivity index (χ3v) is 4.18. The molecule has 116 valence electrons. The van der Waals surface area contributed by atoms with E-state index in [-0.39, 0.29) is 5.09 Å². The molecule has 0 fully saturated rings. The van der Waals surface area contributed by atoms with Crippen LogP contribution in [0.25, 0.3) is 0 Å². The molecule has 6 nitrogen and oxygen atoms in total. The number of ether oxygens (including phenoxy) is 1. The summed E-state index contributed by atoms with van der Waals surface area (Å²) in [7, 11) is -1.36. The van der Waals surface area contributed by atoms with Gasteiger partial charge in [-0.1, -0.05) is 0 Å². The molecule has 1 N–H and O–H groups in total. The van der Waals surface area contributed by atoms with E-state index in [4.69, 9.17) is 9.15 Å². The molecule has 0 bridgehead atoms. The van der Waals surface area contributed by atoms with Crippen molar-refractivity contribution in [3.63, 3.8) is 0 Å². The Kier molecular flexibility index (Phi) is 6.53. The number of hydrogen-bond donors (Lipinski definition) is 1. The first-order valence-electron chi connectivity index (χ1n) is 5.90. The molecule has 20 heavy (non-hydrogen) atoms. The van der Waals surface area contributed by atoms with Crippen LogP contribution in [0, 0.1) is 0 Å². The van der Waals surface area contributed by atoms with Crippen molar-refractivity contribution in [2.24, 2.45) is 0 Å². The van der Waals surface area contributed by atoms with E-state index in [1.165, 1.54) is 12.1 Å². The standard InChI is InChI=1S/C11H18F2N2O4S/c1-15(8-10(12)13)20(16,17)11-4-3-9(19-11)7-14-5-6-18-2/h3-4,10,14H,5-8H2,1-2H3. The molecule has 0 atom stereocenters. The van der Waals surface area contributed by atoms with E-state index in [1.807, 2.05) is 0 Å². The second kappa shape index (κ2) is 7.67. The lowest BCUT2D eigenvalue weighted by molar-refractivity contribution is 0.126. The van der Waals surface area contributed by atoms with Gasteiger partial charge in [-0.15, -0.1) is 0 Å². The van der Waals surface area contributed by atoms with Crippen molar-refractivity contribution in [2.75, 3.05) is 33.9 Å². The van der Waals surface area contributed by atoms with Crippen LogP contribution >= 0.6 is 0 Å². The summed E-state index contributed by atoms with van der Waals surface area (Å²) in [5, 5.41) is 2.64. The lowest BCUT2D eigenvalue weighted by atomic mass is 10.4. The highest BCUT2D eigenvalue weighted by Gasteiger charge is 2.26. The highest BCUT2D eigenvalue weighted by Crippen LogP contribution is 2.18. The zero-order chi connectivity index (χ0) is 15.2. The van der Waals surface area contributed by atoms with Crippen molar-refractivity contribution in [3.8, 4) is 0 Å². The van der Waals surface area contributed by atoms with E-state index in [9.17, 15) is 17.2 Å². The van der Waals surface area contributed by atoms with Crippen molar-refractivity contribution in [3.05, 3.63) is 17.9 Å². The Hall–Kier alpha value is -1.03. The summed E-state index contributed by atoms with van der Waals surface area (Å²) in [6.45, 7) is 0.565. The lowest BCUT2D eigenvalue weighted by Crippen LogP contribution is -2.31. The fourth-order valence-corrected chi connectivity index (χ4v) is 2.49. The van der Waals surface area contributed by atoms with Crippen molar-refractivity contribution in [2.45, 2.75) is 18.1 Å². The van der Waals surface area contributed by atoms with E-state index >= 15 is 0 Å². The number of nitrogens with zero attached hydrogens (tertiary/aromatic N) is 1. The molecule has 0 saturated carbocycles. The number of rotatable bonds is 9. The number of hydrogen-bond acceptors (Lipinski definition) is 5. The summed E-state index contributed by atoms with van der Waals surface area (Å²) in [5.74, 6) is 0.408. The molecule has 1 rings (SSSR count). The van der Waals surface area contributed by atoms with Gasteiger partial charge in [-0.25, -0.2) is 17.2 Å². The van der Waals surface area contributed by atoms with E-state index in [0.29, 0.717) is 29.8 Å². The summed E-state index contributed by atoms with van der Waals surface area (Å²) in [4.78, 5) is 0. The van der Waals surface area contributed by atoms with E-state index < -0.39 is 23.0 Å². The maximum Gasteiger partial charge on any atom is 0.276 e. The summed E-state index contributed by atoms with van der Waals surface area (Å²) in [5.41, 5.74) is 0. The largest absolute Gasteiger partial charge is 0.447 e. The maximum atomic E-state index is 12.2. The highest BCUT2D eigenvalue weighted by atomic mass is 32.2. The van der Waals surface area contributed by atoms with Crippen LogP contribution in [-0.2, 0) is 21.3 Å². The fourth-order valence-electron chi connectivity index (χ4n) is 1.42. The van der Waals surface area contributed by atoms with Gasteiger partial charge < -0.3 is 14.5 Å². The van der Waals surface area contributed by atoms with Crippen LogP contribution in [0.5, 0.6) is 0 Å². The maximum absolute atomic E-state index is 12.2. The smallest absolute Gasteiger partial charge is 0.276 e. The zero-order valence-corrected chi connectivity index (χ0v) is 12.1. The first kappa shape index (κ1) is 17.0. The van der Waals surface area contributed by atoms with Gasteiger partial charge in [0, 0.05) is 20.7 Å². The Morgan fingerprint density at radius 2 is 2.15 bits per heavy atom. The van der Waals surface area contributed by atoms with Crippen LogP contribution in [0.4, 0.5) is 8.78 Å². The summed E-state index contributed by atoms with van der Waals surface area (Å²) >= 11 is 0. The van der Waals surface area contributed by atoms with Gasteiger partial charge >= 0.3 is 0 Å². The van der Waals surface area contributed by atoms with Crippen molar-refractivity contribution in [1.82, 2.24) is 9.62 Å². The summed E-state index contributed by atoms with van der Waals surface area (Å²) in [6, 6.07) is 2.74. The zero-order valence-electron chi connectivity index (χ0n) is 11.3. The van der Waals surface area contributed by atoms with Crippen LogP contribution in [0.1, 0.15) is 5.76 Å². The molecular weight excluding hydrogens is 294 g/mol. The molecule has 0 aromatic carbocycles. The number of halogens is 2. The number of methoxy groups -OCH3 is 1. The molecule has 1 heterocycles. The molecule has 0 aliphatic carbocycles. The molecule has 0 amide bonds. The SMILES string of the molecule is COCCNCc1ccc(S(=O)(=O)N(C)CC(F)F)o1. The van der Waals surface area contributed by atoms with Gasteiger partial charge in [0.1, 0.15) is 5.76 Å². The fraction of sp³-hybridized carbons (Fsp3) is 0.636. The second-order valence-corrected chi connectivity index (χ2v) is 6.04. The van der Waals surface area contributed by atoms with Crippen LogP contribution < -0.4 is 5.32 Å². The minimum absolute atomic E-state index is 0.331. The number of furan rings is 1. The Morgan fingerprint density at radius 3 is 2.75 bits per heavy atom. The number of alkyl halides is 2. The quantitative estimate of drug-likeness (QED) is 0.686.